The molecule has 0 aliphatic carbocycles. The van der Waals surface area contributed by atoms with Crippen LogP contribution in [-0.4, -0.2) is 16.2 Å². The fraction of sp³-hybridized carbons (Fsp3) is 0.833. The van der Waals surface area contributed by atoms with E-state index in [4.69, 9.17) is 10.3 Å². The first-order chi connectivity index (χ1) is 7.61. The number of aryl methyl sites for hydroxylation is 1. The Morgan fingerprint density at radius 2 is 2.12 bits per heavy atom. The van der Waals surface area contributed by atoms with Gasteiger partial charge in [0.05, 0.1) is 0 Å². The van der Waals surface area contributed by atoms with Gasteiger partial charge >= 0.3 is 0 Å². The molecule has 0 saturated heterocycles. The summed E-state index contributed by atoms with van der Waals surface area (Å²) in [7, 11) is 0. The maximum atomic E-state index is 5.99. The summed E-state index contributed by atoms with van der Waals surface area (Å²) in [6.45, 7) is 6.49. The standard InChI is InChI=1S/C12H23N3O/c1-4-5-6-11-14-12(16-15-11)8-10(13)7-9(2)3/h9-10H,4-8,13H2,1-3H3. The molecule has 1 unspecified atom stereocenters. The van der Waals surface area contributed by atoms with E-state index in [1.165, 1.54) is 0 Å². The van der Waals surface area contributed by atoms with Crippen molar-refractivity contribution in [1.82, 2.24) is 10.1 Å². The van der Waals surface area contributed by atoms with Gasteiger partial charge in [0.1, 0.15) is 0 Å². The van der Waals surface area contributed by atoms with Crippen LogP contribution in [0, 0.1) is 5.92 Å². The summed E-state index contributed by atoms with van der Waals surface area (Å²) in [5.74, 6) is 2.10. The fourth-order valence-corrected chi connectivity index (χ4v) is 1.72. The summed E-state index contributed by atoms with van der Waals surface area (Å²) in [4.78, 5) is 4.34. The Hall–Kier alpha value is -0.900. The summed E-state index contributed by atoms with van der Waals surface area (Å²) in [5, 5.41) is 3.94. The van der Waals surface area contributed by atoms with E-state index in [0.29, 0.717) is 18.2 Å². The van der Waals surface area contributed by atoms with Gasteiger partial charge in [0, 0.05) is 18.9 Å². The average molecular weight is 225 g/mol. The third-order valence-corrected chi connectivity index (χ3v) is 2.48. The van der Waals surface area contributed by atoms with Crippen molar-refractivity contribution in [2.45, 2.75) is 58.9 Å². The predicted molar refractivity (Wildman–Crippen MR) is 64.0 cm³/mol. The smallest absolute Gasteiger partial charge is 0.228 e. The van der Waals surface area contributed by atoms with Gasteiger partial charge in [-0.15, -0.1) is 0 Å². The van der Waals surface area contributed by atoms with Crippen LogP contribution in [0.2, 0.25) is 0 Å². The third-order valence-electron chi connectivity index (χ3n) is 2.48. The predicted octanol–water partition coefficient (Wildman–Crippen LogP) is 2.33. The molecule has 0 saturated carbocycles. The molecule has 92 valence electrons. The van der Waals surface area contributed by atoms with Crippen LogP contribution in [0.1, 0.15) is 51.7 Å². The zero-order valence-corrected chi connectivity index (χ0v) is 10.6. The minimum atomic E-state index is 0.125. The highest BCUT2D eigenvalue weighted by molar-refractivity contribution is 4.89. The summed E-state index contributed by atoms with van der Waals surface area (Å²) >= 11 is 0. The second kappa shape index (κ2) is 6.63. The lowest BCUT2D eigenvalue weighted by molar-refractivity contribution is 0.354. The van der Waals surface area contributed by atoms with Crippen LogP contribution in [-0.2, 0) is 12.8 Å². The molecule has 0 radical (unpaired) electrons. The molecular formula is C12H23N3O. The Bertz CT molecular complexity index is 296. The summed E-state index contributed by atoms with van der Waals surface area (Å²) in [6, 6.07) is 0.125. The molecule has 1 rings (SSSR count). The SMILES string of the molecule is CCCCc1noc(CC(N)CC(C)C)n1. The molecule has 0 bridgehead atoms. The lowest BCUT2D eigenvalue weighted by Gasteiger charge is -2.10. The van der Waals surface area contributed by atoms with Gasteiger partial charge in [-0.25, -0.2) is 0 Å². The van der Waals surface area contributed by atoms with Gasteiger partial charge in [-0.2, -0.15) is 4.98 Å². The average Bonchev–Trinajstić information content (AvgIpc) is 2.61. The maximum Gasteiger partial charge on any atom is 0.228 e. The van der Waals surface area contributed by atoms with Crippen molar-refractivity contribution in [3.05, 3.63) is 11.7 Å². The molecule has 1 heterocycles. The first kappa shape index (κ1) is 13.2. The van der Waals surface area contributed by atoms with Crippen LogP contribution < -0.4 is 5.73 Å². The maximum absolute atomic E-state index is 5.99. The number of nitrogens with two attached hydrogens (primary N) is 1. The third kappa shape index (κ3) is 4.75. The highest BCUT2D eigenvalue weighted by Crippen LogP contribution is 2.09. The Morgan fingerprint density at radius 1 is 1.38 bits per heavy atom. The van der Waals surface area contributed by atoms with E-state index in [2.05, 4.69) is 30.9 Å². The van der Waals surface area contributed by atoms with Crippen LogP contribution in [0.15, 0.2) is 4.52 Å². The molecule has 0 amide bonds. The first-order valence-corrected chi connectivity index (χ1v) is 6.18. The molecule has 1 atom stereocenters. The number of rotatable bonds is 7. The topological polar surface area (TPSA) is 64.9 Å². The minimum Gasteiger partial charge on any atom is -0.339 e. The second-order valence-electron chi connectivity index (χ2n) is 4.80. The van der Waals surface area contributed by atoms with E-state index in [9.17, 15) is 0 Å². The van der Waals surface area contributed by atoms with Crippen molar-refractivity contribution in [2.75, 3.05) is 0 Å². The van der Waals surface area contributed by atoms with E-state index < -0.39 is 0 Å². The van der Waals surface area contributed by atoms with Crippen molar-refractivity contribution in [1.29, 1.82) is 0 Å². The van der Waals surface area contributed by atoms with Gasteiger partial charge in [-0.3, -0.25) is 0 Å². The van der Waals surface area contributed by atoms with E-state index in [-0.39, 0.29) is 6.04 Å². The Balaban J connectivity index is 2.39. The van der Waals surface area contributed by atoms with Crippen molar-refractivity contribution in [2.24, 2.45) is 11.7 Å². The van der Waals surface area contributed by atoms with E-state index in [1.54, 1.807) is 0 Å². The van der Waals surface area contributed by atoms with Crippen molar-refractivity contribution >= 4 is 0 Å². The van der Waals surface area contributed by atoms with E-state index in [0.717, 1.165) is 31.5 Å². The van der Waals surface area contributed by atoms with Gasteiger partial charge in [0.15, 0.2) is 5.82 Å². The first-order valence-electron chi connectivity index (χ1n) is 6.18. The van der Waals surface area contributed by atoms with Crippen LogP contribution in [0.25, 0.3) is 0 Å². The lowest BCUT2D eigenvalue weighted by Crippen LogP contribution is -2.24. The van der Waals surface area contributed by atoms with Gasteiger partial charge in [-0.05, 0) is 18.8 Å². The van der Waals surface area contributed by atoms with Gasteiger partial charge in [0.25, 0.3) is 0 Å². The molecular weight excluding hydrogens is 202 g/mol. The molecule has 2 N–H and O–H groups in total. The molecule has 4 heteroatoms. The van der Waals surface area contributed by atoms with Crippen molar-refractivity contribution in [3.63, 3.8) is 0 Å². The summed E-state index contributed by atoms with van der Waals surface area (Å²) < 4.78 is 5.17. The second-order valence-corrected chi connectivity index (χ2v) is 4.80. The summed E-state index contributed by atoms with van der Waals surface area (Å²) in [5.41, 5.74) is 5.99. The van der Waals surface area contributed by atoms with Gasteiger partial charge < -0.3 is 10.3 Å². The largest absolute Gasteiger partial charge is 0.339 e. The number of hydrogen-bond donors (Lipinski definition) is 1. The quantitative estimate of drug-likeness (QED) is 0.773. The van der Waals surface area contributed by atoms with Gasteiger partial charge in [-0.1, -0.05) is 32.3 Å². The minimum absolute atomic E-state index is 0.125. The van der Waals surface area contributed by atoms with E-state index >= 15 is 0 Å². The molecule has 1 aromatic rings. The number of hydrogen-bond acceptors (Lipinski definition) is 4. The molecule has 0 aromatic carbocycles. The molecule has 0 aliphatic heterocycles. The van der Waals surface area contributed by atoms with Crippen LogP contribution in [0.3, 0.4) is 0 Å². The summed E-state index contributed by atoms with van der Waals surface area (Å²) in [6.07, 6.45) is 4.84. The zero-order chi connectivity index (χ0) is 12.0. The highest BCUT2D eigenvalue weighted by Gasteiger charge is 2.12. The number of nitrogens with zero attached hydrogens (tertiary/aromatic N) is 2. The van der Waals surface area contributed by atoms with Crippen molar-refractivity contribution in [3.8, 4) is 0 Å². The zero-order valence-electron chi connectivity index (χ0n) is 10.6. The lowest BCUT2D eigenvalue weighted by atomic mass is 10.0. The molecule has 16 heavy (non-hydrogen) atoms. The fourth-order valence-electron chi connectivity index (χ4n) is 1.72. The molecule has 4 nitrogen and oxygen atoms in total. The van der Waals surface area contributed by atoms with Crippen LogP contribution >= 0.6 is 0 Å². The molecule has 0 aliphatic rings. The van der Waals surface area contributed by atoms with E-state index in [1.807, 2.05) is 0 Å². The molecule has 1 aromatic heterocycles. The van der Waals surface area contributed by atoms with Crippen molar-refractivity contribution < 1.29 is 4.52 Å². The molecule has 0 spiro atoms. The number of unbranched alkanes of at least 4 members (excludes halogenated alkanes) is 1. The molecule has 0 fully saturated rings. The van der Waals surface area contributed by atoms with Crippen LogP contribution in [0.4, 0.5) is 0 Å². The number of aromatic nitrogens is 2. The highest BCUT2D eigenvalue weighted by atomic mass is 16.5. The Kier molecular flexibility index (Phi) is 5.46. The Morgan fingerprint density at radius 3 is 2.75 bits per heavy atom. The normalized spacial score (nSPS) is 13.3. The monoisotopic (exact) mass is 225 g/mol. The van der Waals surface area contributed by atoms with Crippen LogP contribution in [0.5, 0.6) is 0 Å². The Labute approximate surface area is 97.6 Å². The van der Waals surface area contributed by atoms with Gasteiger partial charge in [0.2, 0.25) is 5.89 Å².